The summed E-state index contributed by atoms with van der Waals surface area (Å²) in [5.41, 5.74) is 3.36. The van der Waals surface area contributed by atoms with Gasteiger partial charge in [0.15, 0.2) is 12.2 Å². The lowest BCUT2D eigenvalue weighted by Crippen LogP contribution is -2.35. The van der Waals surface area contributed by atoms with Gasteiger partial charge in [0.1, 0.15) is 11.5 Å². The third kappa shape index (κ3) is 2.43. The Bertz CT molecular complexity index is 1050. The average molecular weight is 356 g/mol. The molecule has 6 nitrogen and oxygen atoms in total. The Balaban J connectivity index is 1.58. The SMILES string of the molecule is N#CC1(C(=O)N2Cc3cc(-c4ccncc4)ccc3C2c2cnco2)CC1. The van der Waals surface area contributed by atoms with Crippen LogP contribution in [0.25, 0.3) is 11.1 Å². The maximum absolute atomic E-state index is 13.1. The summed E-state index contributed by atoms with van der Waals surface area (Å²) in [5, 5.41) is 9.47. The summed E-state index contributed by atoms with van der Waals surface area (Å²) >= 11 is 0. The first-order chi connectivity index (χ1) is 13.2. The molecule has 1 aromatic carbocycles. The van der Waals surface area contributed by atoms with E-state index in [0.717, 1.165) is 22.3 Å². The van der Waals surface area contributed by atoms with Crippen LogP contribution in [-0.4, -0.2) is 20.8 Å². The minimum absolute atomic E-state index is 0.118. The number of nitriles is 1. The van der Waals surface area contributed by atoms with Crippen molar-refractivity contribution in [2.75, 3.05) is 0 Å². The highest BCUT2D eigenvalue weighted by Crippen LogP contribution is 2.50. The summed E-state index contributed by atoms with van der Waals surface area (Å²) in [6.45, 7) is 0.460. The minimum atomic E-state index is -0.867. The number of carbonyl (C=O) groups is 1. The second-order valence-corrected chi connectivity index (χ2v) is 7.08. The molecule has 1 fully saturated rings. The standard InChI is InChI=1S/C21H16N4O2/c22-12-21(5-6-21)20(26)25-11-16-9-15(14-3-7-23-8-4-14)1-2-17(16)19(25)18-10-24-13-27-18/h1-4,7-10,13,19H,5-6,11H2. The van der Waals surface area contributed by atoms with Crippen molar-refractivity contribution in [1.82, 2.24) is 14.9 Å². The van der Waals surface area contributed by atoms with Crippen LogP contribution in [0.3, 0.4) is 0 Å². The zero-order chi connectivity index (χ0) is 18.4. The number of hydrogen-bond donors (Lipinski definition) is 0. The van der Waals surface area contributed by atoms with Crippen molar-refractivity contribution in [3.8, 4) is 17.2 Å². The Morgan fingerprint density at radius 3 is 2.67 bits per heavy atom. The number of aromatic nitrogens is 2. The molecule has 3 aromatic rings. The van der Waals surface area contributed by atoms with Gasteiger partial charge in [0, 0.05) is 18.9 Å². The summed E-state index contributed by atoms with van der Waals surface area (Å²) in [7, 11) is 0. The van der Waals surface area contributed by atoms with Crippen molar-refractivity contribution in [3.05, 3.63) is 72.2 Å². The number of rotatable bonds is 3. The Labute approximate surface area is 156 Å². The first-order valence-corrected chi connectivity index (χ1v) is 8.86. The average Bonchev–Trinajstić information content (AvgIpc) is 3.16. The van der Waals surface area contributed by atoms with E-state index in [4.69, 9.17) is 4.42 Å². The Morgan fingerprint density at radius 2 is 2.00 bits per heavy atom. The van der Waals surface area contributed by atoms with Gasteiger partial charge in [-0.25, -0.2) is 4.98 Å². The molecule has 1 aliphatic carbocycles. The molecular weight excluding hydrogens is 340 g/mol. The van der Waals surface area contributed by atoms with Gasteiger partial charge in [-0.1, -0.05) is 12.1 Å². The number of amides is 1. The van der Waals surface area contributed by atoms with E-state index in [1.165, 1.54) is 6.39 Å². The minimum Gasteiger partial charge on any atom is -0.446 e. The summed E-state index contributed by atoms with van der Waals surface area (Å²) in [6.07, 6.45) is 7.79. The van der Waals surface area contributed by atoms with Gasteiger partial charge < -0.3 is 9.32 Å². The van der Waals surface area contributed by atoms with E-state index in [9.17, 15) is 10.1 Å². The smallest absolute Gasteiger partial charge is 0.244 e. The number of pyridine rings is 1. The van der Waals surface area contributed by atoms with Crippen LogP contribution in [-0.2, 0) is 11.3 Å². The van der Waals surface area contributed by atoms with Crippen molar-refractivity contribution in [1.29, 1.82) is 5.26 Å². The summed E-state index contributed by atoms with van der Waals surface area (Å²) < 4.78 is 5.54. The number of carbonyl (C=O) groups excluding carboxylic acids is 1. The zero-order valence-electron chi connectivity index (χ0n) is 14.5. The molecule has 1 amide bonds. The van der Waals surface area contributed by atoms with Crippen LogP contribution >= 0.6 is 0 Å². The predicted molar refractivity (Wildman–Crippen MR) is 95.8 cm³/mol. The fourth-order valence-corrected chi connectivity index (χ4v) is 3.81. The van der Waals surface area contributed by atoms with Gasteiger partial charge >= 0.3 is 0 Å². The van der Waals surface area contributed by atoms with Crippen LogP contribution in [0.15, 0.2) is 59.7 Å². The van der Waals surface area contributed by atoms with E-state index in [2.05, 4.69) is 22.1 Å². The molecule has 3 heterocycles. The van der Waals surface area contributed by atoms with Crippen LogP contribution < -0.4 is 0 Å². The molecule has 0 N–H and O–H groups in total. The summed E-state index contributed by atoms with van der Waals surface area (Å²) in [6, 6.07) is 12.0. The number of benzene rings is 1. The normalized spacial score (nSPS) is 19.4. The monoisotopic (exact) mass is 356 g/mol. The maximum Gasteiger partial charge on any atom is 0.244 e. The van der Waals surface area contributed by atoms with Crippen molar-refractivity contribution < 1.29 is 9.21 Å². The number of nitrogens with zero attached hydrogens (tertiary/aromatic N) is 4. The highest BCUT2D eigenvalue weighted by Gasteiger charge is 2.55. The first-order valence-electron chi connectivity index (χ1n) is 8.86. The molecule has 0 radical (unpaired) electrons. The molecular formula is C21H16N4O2. The molecule has 6 heteroatoms. The van der Waals surface area contributed by atoms with Crippen LogP contribution in [0.4, 0.5) is 0 Å². The zero-order valence-corrected chi connectivity index (χ0v) is 14.5. The van der Waals surface area contributed by atoms with Crippen LogP contribution in [0, 0.1) is 16.7 Å². The Hall–Kier alpha value is -3.46. The van der Waals surface area contributed by atoms with Gasteiger partial charge in [0.05, 0.1) is 12.3 Å². The third-order valence-corrected chi connectivity index (χ3v) is 5.46. The van der Waals surface area contributed by atoms with Crippen molar-refractivity contribution >= 4 is 5.91 Å². The van der Waals surface area contributed by atoms with Gasteiger partial charge in [-0.15, -0.1) is 0 Å². The predicted octanol–water partition coefficient (Wildman–Crippen LogP) is 3.47. The van der Waals surface area contributed by atoms with Gasteiger partial charge in [-0.05, 0) is 53.3 Å². The summed E-state index contributed by atoms with van der Waals surface area (Å²) in [4.78, 5) is 23.0. The van der Waals surface area contributed by atoms with E-state index in [0.29, 0.717) is 25.1 Å². The number of hydrogen-bond acceptors (Lipinski definition) is 5. The fourth-order valence-electron chi connectivity index (χ4n) is 3.81. The molecule has 0 spiro atoms. The van der Waals surface area contributed by atoms with Crippen molar-refractivity contribution in [2.45, 2.75) is 25.4 Å². The molecule has 0 bridgehead atoms. The van der Waals surface area contributed by atoms with E-state index < -0.39 is 5.41 Å². The molecule has 1 atom stereocenters. The fraction of sp³-hybridized carbons (Fsp3) is 0.238. The quantitative estimate of drug-likeness (QED) is 0.717. The topological polar surface area (TPSA) is 83.0 Å². The molecule has 1 saturated carbocycles. The third-order valence-electron chi connectivity index (χ3n) is 5.46. The molecule has 27 heavy (non-hydrogen) atoms. The van der Waals surface area contributed by atoms with Gasteiger partial charge in [0.2, 0.25) is 5.91 Å². The molecule has 1 aliphatic heterocycles. The van der Waals surface area contributed by atoms with Crippen LogP contribution in [0.1, 0.15) is 35.8 Å². The highest BCUT2D eigenvalue weighted by atomic mass is 16.3. The molecule has 5 rings (SSSR count). The van der Waals surface area contributed by atoms with Gasteiger partial charge in [0.25, 0.3) is 0 Å². The molecule has 0 saturated heterocycles. The summed E-state index contributed by atoms with van der Waals surface area (Å²) in [5.74, 6) is 0.501. The van der Waals surface area contributed by atoms with Crippen molar-refractivity contribution in [3.63, 3.8) is 0 Å². The van der Waals surface area contributed by atoms with E-state index in [1.807, 2.05) is 24.3 Å². The molecule has 2 aromatic heterocycles. The number of oxazole rings is 1. The van der Waals surface area contributed by atoms with Gasteiger partial charge in [-0.2, -0.15) is 5.26 Å². The molecule has 1 unspecified atom stereocenters. The number of fused-ring (bicyclic) bond motifs is 1. The molecule has 132 valence electrons. The van der Waals surface area contributed by atoms with E-state index in [-0.39, 0.29) is 11.9 Å². The Morgan fingerprint density at radius 1 is 1.19 bits per heavy atom. The first kappa shape index (κ1) is 15.8. The van der Waals surface area contributed by atoms with Gasteiger partial charge in [-0.3, -0.25) is 9.78 Å². The second kappa shape index (κ2) is 5.78. The van der Waals surface area contributed by atoms with Crippen LogP contribution in [0.2, 0.25) is 0 Å². The lowest BCUT2D eigenvalue weighted by Gasteiger charge is -2.25. The Kier molecular flexibility index (Phi) is 3.37. The van der Waals surface area contributed by atoms with E-state index in [1.54, 1.807) is 23.5 Å². The van der Waals surface area contributed by atoms with E-state index >= 15 is 0 Å². The second-order valence-electron chi connectivity index (χ2n) is 7.08. The molecule has 2 aliphatic rings. The lowest BCUT2D eigenvalue weighted by molar-refractivity contribution is -0.137. The largest absolute Gasteiger partial charge is 0.446 e. The highest BCUT2D eigenvalue weighted by molar-refractivity contribution is 5.89. The van der Waals surface area contributed by atoms with Crippen LogP contribution in [0.5, 0.6) is 0 Å². The van der Waals surface area contributed by atoms with Crippen molar-refractivity contribution in [2.24, 2.45) is 5.41 Å². The maximum atomic E-state index is 13.1. The lowest BCUT2D eigenvalue weighted by atomic mass is 9.97.